The first-order valence-electron chi connectivity index (χ1n) is 22.7. The third-order valence-corrected chi connectivity index (χ3v) is 15.2. The predicted octanol–water partition coefficient (Wildman–Crippen LogP) is 6.37. The van der Waals surface area contributed by atoms with Crippen molar-refractivity contribution in [2.24, 2.45) is 23.0 Å². The van der Waals surface area contributed by atoms with Crippen LogP contribution in [0.15, 0.2) is 54.6 Å². The monoisotopic (exact) mass is 922 g/mol. The van der Waals surface area contributed by atoms with Gasteiger partial charge in [0.15, 0.2) is 0 Å². The fourth-order valence-electron chi connectivity index (χ4n) is 11.6. The average molecular weight is 924 g/mol. The molecule has 5 aliphatic heterocycles. The topological polar surface area (TPSA) is 162 Å². The molecule has 65 heavy (non-hydrogen) atoms. The number of benzene rings is 3. The van der Waals surface area contributed by atoms with E-state index in [1.165, 1.54) is 11.0 Å². The molecule has 1 unspecified atom stereocenters. The van der Waals surface area contributed by atoms with Gasteiger partial charge in [0, 0.05) is 77.7 Å². The summed E-state index contributed by atoms with van der Waals surface area (Å²) in [5.74, 6) is 2.97. The molecule has 6 aliphatic rings. The molecule has 5 heterocycles. The fraction of sp³-hybridized carbons (Fsp3) is 0.480. The maximum absolute atomic E-state index is 16.2. The van der Waals surface area contributed by atoms with Crippen LogP contribution in [0, 0.1) is 34.9 Å². The Bertz CT molecular complexity index is 2570. The van der Waals surface area contributed by atoms with Gasteiger partial charge >= 0.3 is 0 Å². The third-order valence-electron chi connectivity index (χ3n) is 14.6. The van der Waals surface area contributed by atoms with Crippen LogP contribution in [-0.4, -0.2) is 82.5 Å². The minimum Gasteiger partial charge on any atom is -0.368 e. The Balaban J connectivity index is 0.892. The van der Waals surface area contributed by atoms with Crippen LogP contribution in [0.4, 0.5) is 10.1 Å². The minimum absolute atomic E-state index is 0.0555. The zero-order valence-corrected chi connectivity index (χ0v) is 38.2. The van der Waals surface area contributed by atoms with Crippen LogP contribution >= 0.6 is 23.2 Å². The maximum atomic E-state index is 16.2. The van der Waals surface area contributed by atoms with E-state index in [-0.39, 0.29) is 76.9 Å². The number of primary amides is 1. The number of imide groups is 1. The highest BCUT2D eigenvalue weighted by molar-refractivity contribution is 6.31. The van der Waals surface area contributed by atoms with Gasteiger partial charge in [-0.05, 0) is 104 Å². The largest absolute Gasteiger partial charge is 0.368 e. The lowest BCUT2D eigenvalue weighted by Crippen LogP contribution is -2.54. The number of nitrogens with two attached hydrogens (primary N) is 1. The van der Waals surface area contributed by atoms with Gasteiger partial charge in [-0.15, -0.1) is 0 Å². The summed E-state index contributed by atoms with van der Waals surface area (Å²) in [5, 5.41) is 6.09. The standard InChI is InChI=1S/C50H53Cl2FN6O6/c1-49(2,3)25-39-50(41(43(55-39)44(54)61)33-8-5-9-36(52)42(33)53)35-17-14-30(51)24-38(35)59(48(50)65)31-15-12-29(13-16-31)46(63)57-22-20-27(21-23-57)10-11-28-6-4-7-32-34(28)26-58(47(32)64)37-18-19-40(60)56-45(37)62/h4-9,14,17,24,27,29,31,37,39,41,43,55H,12-13,15-16,18-23,25-26H2,1-3H3,(H2,54,61)(H,56,60,62)/t29?,31?,37?,39-,41-,43+,50+/m0/s1. The summed E-state index contributed by atoms with van der Waals surface area (Å²) in [5.41, 5.74) is 7.82. The summed E-state index contributed by atoms with van der Waals surface area (Å²) in [6.45, 7) is 7.56. The molecule has 340 valence electrons. The van der Waals surface area contributed by atoms with Crippen LogP contribution in [-0.2, 0) is 35.9 Å². The van der Waals surface area contributed by atoms with E-state index in [1.807, 2.05) is 21.9 Å². The Hall–Kier alpha value is -5.29. The van der Waals surface area contributed by atoms with Gasteiger partial charge in [0.05, 0.1) is 11.1 Å². The number of hydrogen-bond donors (Lipinski definition) is 3. The SMILES string of the molecule is CC(C)(C)C[C@@H]1N[C@@H](C(N)=O)[C@H](c2cccc(Cl)c2F)[C@]12C(=O)N(C1CCC(C(=O)N3CCC(C#Cc4cccc5c4CN(C4CCC(=O)NC4=O)C5=O)CC3)CC1)c1cc(Cl)ccc12. The molecule has 5 atom stereocenters. The molecule has 1 aliphatic carbocycles. The number of fused-ring (bicyclic) bond motifs is 3. The van der Waals surface area contributed by atoms with Gasteiger partial charge in [-0.3, -0.25) is 34.1 Å². The number of halogens is 3. The summed E-state index contributed by atoms with van der Waals surface area (Å²) >= 11 is 13.0. The normalized spacial score (nSPS) is 28.0. The second-order valence-corrected chi connectivity index (χ2v) is 20.6. The van der Waals surface area contributed by atoms with Crippen LogP contribution in [0.2, 0.25) is 10.0 Å². The molecule has 1 saturated carbocycles. The first-order valence-corrected chi connectivity index (χ1v) is 23.4. The quantitative estimate of drug-likeness (QED) is 0.191. The summed E-state index contributed by atoms with van der Waals surface area (Å²) in [7, 11) is 0. The van der Waals surface area contributed by atoms with Gasteiger partial charge in [0.25, 0.3) is 5.91 Å². The van der Waals surface area contributed by atoms with Crippen LogP contribution < -0.4 is 21.3 Å². The number of carbonyl (C=O) groups excluding carboxylic acids is 6. The maximum Gasteiger partial charge on any atom is 0.255 e. The Morgan fingerprint density at radius 2 is 1.66 bits per heavy atom. The van der Waals surface area contributed by atoms with Crippen LogP contribution in [0.1, 0.15) is 117 Å². The number of rotatable bonds is 6. The summed E-state index contributed by atoms with van der Waals surface area (Å²) in [4.78, 5) is 85.9. The van der Waals surface area contributed by atoms with Gasteiger partial charge in [-0.25, -0.2) is 4.39 Å². The molecule has 3 aromatic rings. The van der Waals surface area contributed by atoms with E-state index in [2.05, 4.69) is 43.2 Å². The number of piperidine rings is 2. The molecular weight excluding hydrogens is 870 g/mol. The summed E-state index contributed by atoms with van der Waals surface area (Å²) in [6.07, 6.45) is 4.62. The Morgan fingerprint density at radius 1 is 0.938 bits per heavy atom. The van der Waals surface area contributed by atoms with Crippen molar-refractivity contribution in [3.05, 3.63) is 98.3 Å². The van der Waals surface area contributed by atoms with Gasteiger partial charge in [-0.2, -0.15) is 0 Å². The molecule has 15 heteroatoms. The molecule has 0 aromatic heterocycles. The van der Waals surface area contributed by atoms with Crippen molar-refractivity contribution in [2.75, 3.05) is 18.0 Å². The van der Waals surface area contributed by atoms with E-state index in [0.717, 1.165) is 11.1 Å². The summed E-state index contributed by atoms with van der Waals surface area (Å²) in [6, 6.07) is 12.8. The second kappa shape index (κ2) is 17.2. The first-order chi connectivity index (χ1) is 31.0. The highest BCUT2D eigenvalue weighted by Crippen LogP contribution is 2.60. The second-order valence-electron chi connectivity index (χ2n) is 19.8. The Morgan fingerprint density at radius 3 is 2.35 bits per heavy atom. The average Bonchev–Trinajstić information content (AvgIpc) is 3.87. The smallest absolute Gasteiger partial charge is 0.255 e. The van der Waals surface area contributed by atoms with E-state index in [9.17, 15) is 24.0 Å². The zero-order chi connectivity index (χ0) is 46.1. The molecule has 3 saturated heterocycles. The molecule has 1 spiro atoms. The van der Waals surface area contributed by atoms with Crippen molar-refractivity contribution in [1.29, 1.82) is 0 Å². The molecule has 4 N–H and O–H groups in total. The number of carbonyl (C=O) groups is 6. The van der Waals surface area contributed by atoms with Crippen molar-refractivity contribution in [2.45, 2.75) is 121 Å². The van der Waals surface area contributed by atoms with Gasteiger partial charge in [-0.1, -0.05) is 80.1 Å². The molecule has 3 aromatic carbocycles. The van der Waals surface area contributed by atoms with Gasteiger partial charge in [0.2, 0.25) is 29.5 Å². The minimum atomic E-state index is -1.42. The lowest BCUT2D eigenvalue weighted by Gasteiger charge is -2.41. The first kappa shape index (κ1) is 44.9. The molecular formula is C50H53Cl2FN6O6. The van der Waals surface area contributed by atoms with Crippen molar-refractivity contribution in [1.82, 2.24) is 20.4 Å². The zero-order valence-electron chi connectivity index (χ0n) is 36.7. The fourth-order valence-corrected chi connectivity index (χ4v) is 12.0. The van der Waals surface area contributed by atoms with E-state index in [1.54, 1.807) is 36.4 Å². The van der Waals surface area contributed by atoms with Crippen LogP contribution in [0.25, 0.3) is 0 Å². The van der Waals surface area contributed by atoms with E-state index in [4.69, 9.17) is 28.9 Å². The number of hydrogen-bond acceptors (Lipinski definition) is 7. The van der Waals surface area contributed by atoms with Crippen molar-refractivity contribution in [3.63, 3.8) is 0 Å². The van der Waals surface area contributed by atoms with Crippen molar-refractivity contribution in [3.8, 4) is 11.8 Å². The lowest BCUT2D eigenvalue weighted by molar-refractivity contribution is -0.138. The molecule has 0 radical (unpaired) electrons. The molecule has 12 nitrogen and oxygen atoms in total. The van der Waals surface area contributed by atoms with Gasteiger partial charge in [0.1, 0.15) is 17.3 Å². The number of likely N-dealkylation sites (tertiary alicyclic amines) is 1. The molecule has 4 fully saturated rings. The Labute approximate surface area is 388 Å². The highest BCUT2D eigenvalue weighted by Gasteiger charge is 2.68. The highest BCUT2D eigenvalue weighted by atomic mass is 35.5. The Kier molecular flexibility index (Phi) is 11.9. The number of nitrogens with one attached hydrogen (secondary N) is 2. The van der Waals surface area contributed by atoms with Crippen LogP contribution in [0.3, 0.4) is 0 Å². The predicted molar refractivity (Wildman–Crippen MR) is 243 cm³/mol. The van der Waals surface area contributed by atoms with E-state index in [0.29, 0.717) is 79.9 Å². The van der Waals surface area contributed by atoms with E-state index >= 15 is 9.18 Å². The molecule has 6 amide bonds. The molecule has 9 rings (SSSR count). The molecule has 0 bridgehead atoms. The van der Waals surface area contributed by atoms with Crippen molar-refractivity contribution >= 4 is 64.3 Å². The third kappa shape index (κ3) is 7.89. The number of amides is 6. The van der Waals surface area contributed by atoms with Crippen LogP contribution in [0.5, 0.6) is 0 Å². The van der Waals surface area contributed by atoms with Gasteiger partial charge < -0.3 is 25.8 Å². The number of anilines is 1. The van der Waals surface area contributed by atoms with E-state index < -0.39 is 47.1 Å². The lowest BCUT2D eigenvalue weighted by atomic mass is 9.62. The number of nitrogens with zero attached hydrogens (tertiary/aromatic N) is 3. The summed E-state index contributed by atoms with van der Waals surface area (Å²) < 4.78 is 16.2. The van der Waals surface area contributed by atoms with Crippen molar-refractivity contribution < 1.29 is 33.2 Å².